The maximum Gasteiger partial charge on any atom is 0.176 e. The quantitative estimate of drug-likeness (QED) is 0.134. The molecule has 0 aliphatic heterocycles. The number of allylic oxidation sites excluding steroid dienone is 5. The molecule has 4 aromatic heterocycles. The lowest BCUT2D eigenvalue weighted by Gasteiger charge is -2.14. The number of pyridine rings is 2. The molecular weight excluding hydrogens is 562 g/mol. The molecule has 0 bridgehead atoms. The van der Waals surface area contributed by atoms with Gasteiger partial charge < -0.3 is 10.6 Å². The number of H-pyrrole nitrogens is 1. The summed E-state index contributed by atoms with van der Waals surface area (Å²) >= 11 is 1.04. The Morgan fingerprint density at radius 1 is 1.05 bits per heavy atom. The summed E-state index contributed by atoms with van der Waals surface area (Å²) in [4.78, 5) is 9.46. The summed E-state index contributed by atoms with van der Waals surface area (Å²) in [6, 6.07) is 13.1. The molecule has 0 unspecified atom stereocenters. The Hall–Kier alpha value is -5.15. The highest BCUT2D eigenvalue weighted by Crippen LogP contribution is 2.34. The zero-order chi connectivity index (χ0) is 30.5. The summed E-state index contributed by atoms with van der Waals surface area (Å²) in [6.07, 6.45) is 10.7. The molecule has 216 valence electrons. The molecule has 0 amide bonds. The first-order valence-corrected chi connectivity index (χ1v) is 14.3. The van der Waals surface area contributed by atoms with E-state index in [0.29, 0.717) is 40.3 Å². The minimum atomic E-state index is -0.544. The molecule has 5 aromatic rings. The molecule has 0 saturated heterocycles. The van der Waals surface area contributed by atoms with Crippen molar-refractivity contribution in [2.75, 3.05) is 5.32 Å². The molecule has 0 atom stereocenters. The van der Waals surface area contributed by atoms with E-state index in [1.807, 2.05) is 44.2 Å². The van der Waals surface area contributed by atoms with Gasteiger partial charge in [0.2, 0.25) is 0 Å². The largest absolute Gasteiger partial charge is 0.359 e. The van der Waals surface area contributed by atoms with E-state index >= 15 is 4.39 Å². The standard InChI is InChI=1S/C34H30F2N6S/c1-6-24(16-25(7-2)39-20(3)15-23-11-9-8-10-12-23)34-32(36)31-28(19-38-34)41-42-33(31)22(5)40-27-18-37-17-26(21(27)4)29-13-14-30(35)43-29/h6-14,16-19,39-40H,2-3,5,15H2,1,4H3,(H,41,42)/b24-6+,25-16+. The maximum atomic E-state index is 16.2. The van der Waals surface area contributed by atoms with Crippen LogP contribution in [-0.2, 0) is 6.42 Å². The third-order valence-corrected chi connectivity index (χ3v) is 7.77. The van der Waals surface area contributed by atoms with Crippen molar-refractivity contribution in [1.29, 1.82) is 0 Å². The van der Waals surface area contributed by atoms with Crippen molar-refractivity contribution in [2.24, 2.45) is 0 Å². The normalized spacial score (nSPS) is 11.9. The van der Waals surface area contributed by atoms with Gasteiger partial charge in [0.05, 0.1) is 34.7 Å². The van der Waals surface area contributed by atoms with Crippen LogP contribution in [0.1, 0.15) is 29.4 Å². The van der Waals surface area contributed by atoms with Crippen LogP contribution in [-0.4, -0.2) is 20.2 Å². The van der Waals surface area contributed by atoms with Crippen LogP contribution in [0.25, 0.3) is 32.6 Å². The van der Waals surface area contributed by atoms with Gasteiger partial charge in [-0.25, -0.2) is 4.39 Å². The fraction of sp³-hybridized carbons (Fsp3) is 0.0882. The van der Waals surface area contributed by atoms with Crippen molar-refractivity contribution in [1.82, 2.24) is 25.5 Å². The van der Waals surface area contributed by atoms with E-state index in [1.165, 1.54) is 6.07 Å². The Morgan fingerprint density at radius 3 is 2.53 bits per heavy atom. The highest BCUT2D eigenvalue weighted by Gasteiger charge is 2.20. The number of aromatic amines is 1. The minimum Gasteiger partial charge on any atom is -0.359 e. The Labute approximate surface area is 252 Å². The fourth-order valence-corrected chi connectivity index (χ4v) is 5.47. The average Bonchev–Trinajstić information content (AvgIpc) is 3.64. The van der Waals surface area contributed by atoms with E-state index in [-0.39, 0.29) is 16.2 Å². The van der Waals surface area contributed by atoms with E-state index in [0.717, 1.165) is 38.6 Å². The van der Waals surface area contributed by atoms with E-state index in [9.17, 15) is 4.39 Å². The number of aromatic nitrogens is 4. The van der Waals surface area contributed by atoms with Crippen molar-refractivity contribution < 1.29 is 8.78 Å². The number of anilines is 1. The van der Waals surface area contributed by atoms with Crippen LogP contribution in [0.2, 0.25) is 0 Å². The van der Waals surface area contributed by atoms with Crippen LogP contribution in [0, 0.1) is 17.9 Å². The first-order chi connectivity index (χ1) is 20.8. The molecule has 4 heterocycles. The molecule has 0 fully saturated rings. The lowest BCUT2D eigenvalue weighted by molar-refractivity contribution is 0.629. The van der Waals surface area contributed by atoms with Crippen LogP contribution in [0.5, 0.6) is 0 Å². The molecule has 0 spiro atoms. The highest BCUT2D eigenvalue weighted by atomic mass is 32.1. The van der Waals surface area contributed by atoms with Crippen molar-refractivity contribution >= 4 is 39.2 Å². The van der Waals surface area contributed by atoms with Crippen LogP contribution in [0.3, 0.4) is 0 Å². The number of fused-ring (bicyclic) bond motifs is 1. The third kappa shape index (κ3) is 6.37. The molecule has 1 aromatic carbocycles. The number of rotatable bonds is 11. The van der Waals surface area contributed by atoms with Gasteiger partial charge in [0, 0.05) is 40.0 Å². The summed E-state index contributed by atoms with van der Waals surface area (Å²) in [5, 5.41) is 13.7. The van der Waals surface area contributed by atoms with Crippen LogP contribution in [0.15, 0.2) is 110 Å². The molecule has 3 N–H and O–H groups in total. The topological polar surface area (TPSA) is 78.5 Å². The van der Waals surface area contributed by atoms with Crippen molar-refractivity contribution in [2.45, 2.75) is 20.3 Å². The third-order valence-electron chi connectivity index (χ3n) is 6.87. The molecular formula is C34H30F2N6S. The number of nitrogens with one attached hydrogen (secondary N) is 3. The minimum absolute atomic E-state index is 0.153. The Morgan fingerprint density at radius 2 is 1.84 bits per heavy atom. The van der Waals surface area contributed by atoms with Gasteiger partial charge in [-0.05, 0) is 49.3 Å². The van der Waals surface area contributed by atoms with E-state index < -0.39 is 5.82 Å². The maximum absolute atomic E-state index is 16.2. The molecule has 9 heteroatoms. The fourth-order valence-electron chi connectivity index (χ4n) is 4.67. The SMILES string of the molecule is C=C/C(=C\C(=C/C)c1ncc2[nH]nc(C(=C)Nc3cncc(-c4ccc(F)s4)c3C)c2c1F)NC(=C)Cc1ccccc1. The second-order valence-corrected chi connectivity index (χ2v) is 10.8. The van der Waals surface area contributed by atoms with Gasteiger partial charge in [-0.3, -0.25) is 15.1 Å². The summed E-state index contributed by atoms with van der Waals surface area (Å²) in [5.74, 6) is -0.544. The lowest BCUT2D eigenvalue weighted by Crippen LogP contribution is -2.12. The number of hydrogen-bond donors (Lipinski definition) is 3. The lowest BCUT2D eigenvalue weighted by atomic mass is 10.1. The zero-order valence-electron chi connectivity index (χ0n) is 23.8. The van der Waals surface area contributed by atoms with E-state index in [4.69, 9.17) is 0 Å². The number of benzene rings is 1. The van der Waals surface area contributed by atoms with Crippen LogP contribution in [0.4, 0.5) is 14.5 Å². The first kappa shape index (κ1) is 29.3. The second kappa shape index (κ2) is 12.8. The Balaban J connectivity index is 1.42. The summed E-state index contributed by atoms with van der Waals surface area (Å²) in [6.45, 7) is 15.9. The molecule has 5 rings (SSSR count). The van der Waals surface area contributed by atoms with Gasteiger partial charge in [0.15, 0.2) is 10.9 Å². The number of nitrogens with zero attached hydrogens (tertiary/aromatic N) is 3. The Kier molecular flexibility index (Phi) is 8.73. The molecule has 0 aliphatic rings. The van der Waals surface area contributed by atoms with Crippen molar-refractivity contribution in [3.8, 4) is 10.4 Å². The predicted molar refractivity (Wildman–Crippen MR) is 173 cm³/mol. The molecule has 0 radical (unpaired) electrons. The summed E-state index contributed by atoms with van der Waals surface area (Å²) < 4.78 is 29.9. The number of halogens is 2. The molecule has 0 saturated carbocycles. The van der Waals surface area contributed by atoms with E-state index in [1.54, 1.807) is 42.9 Å². The number of thiophene rings is 1. The molecule has 0 aliphatic carbocycles. The van der Waals surface area contributed by atoms with Crippen molar-refractivity contribution in [3.63, 3.8) is 0 Å². The second-order valence-electron chi connectivity index (χ2n) is 9.79. The number of hydrogen-bond acceptors (Lipinski definition) is 6. The van der Waals surface area contributed by atoms with Gasteiger partial charge in [-0.2, -0.15) is 9.49 Å². The van der Waals surface area contributed by atoms with Crippen LogP contribution < -0.4 is 10.6 Å². The van der Waals surface area contributed by atoms with Gasteiger partial charge in [-0.1, -0.05) is 56.1 Å². The van der Waals surface area contributed by atoms with Crippen molar-refractivity contribution in [3.05, 3.63) is 144 Å². The monoisotopic (exact) mass is 592 g/mol. The predicted octanol–water partition coefficient (Wildman–Crippen LogP) is 8.57. The average molecular weight is 593 g/mol. The van der Waals surface area contributed by atoms with Gasteiger partial charge in [0.25, 0.3) is 0 Å². The van der Waals surface area contributed by atoms with Gasteiger partial charge in [-0.15, -0.1) is 11.3 Å². The van der Waals surface area contributed by atoms with Crippen LogP contribution >= 0.6 is 11.3 Å². The summed E-state index contributed by atoms with van der Waals surface area (Å²) in [7, 11) is 0. The highest BCUT2D eigenvalue weighted by molar-refractivity contribution is 7.13. The first-order valence-electron chi connectivity index (χ1n) is 13.5. The zero-order valence-corrected chi connectivity index (χ0v) is 24.7. The van der Waals surface area contributed by atoms with Gasteiger partial charge >= 0.3 is 0 Å². The molecule has 6 nitrogen and oxygen atoms in total. The molecule has 43 heavy (non-hydrogen) atoms. The van der Waals surface area contributed by atoms with Gasteiger partial charge in [0.1, 0.15) is 11.4 Å². The smallest absolute Gasteiger partial charge is 0.176 e. The summed E-state index contributed by atoms with van der Waals surface area (Å²) in [5.41, 5.74) is 6.64. The van der Waals surface area contributed by atoms with E-state index in [2.05, 4.69) is 50.5 Å². The Bertz CT molecular complexity index is 1900.